The van der Waals surface area contributed by atoms with Gasteiger partial charge in [0.15, 0.2) is 0 Å². The van der Waals surface area contributed by atoms with E-state index in [1.54, 1.807) is 14.2 Å². The van der Waals surface area contributed by atoms with Gasteiger partial charge in [-0.3, -0.25) is 4.90 Å². The number of ether oxygens (including phenoxy) is 3. The predicted octanol–water partition coefficient (Wildman–Crippen LogP) is 1.66. The van der Waals surface area contributed by atoms with E-state index in [-0.39, 0.29) is 0 Å². The van der Waals surface area contributed by atoms with E-state index < -0.39 is 0 Å². The first-order chi connectivity index (χ1) is 8.86. The van der Waals surface area contributed by atoms with E-state index in [4.69, 9.17) is 14.2 Å². The Balaban J connectivity index is 2.23. The van der Waals surface area contributed by atoms with Crippen molar-refractivity contribution in [2.24, 2.45) is 0 Å². The summed E-state index contributed by atoms with van der Waals surface area (Å²) in [4.78, 5) is 2.27. The standard InChI is InChI=1S/C14H23NO3/c1-16-11-8-15(9-12-17-2)10-13-18-14-6-4-3-5-7-14/h3-7H,8-13H2,1-2H3. The lowest BCUT2D eigenvalue weighted by Gasteiger charge is -2.21. The van der Waals surface area contributed by atoms with Crippen LogP contribution in [-0.2, 0) is 9.47 Å². The zero-order valence-corrected chi connectivity index (χ0v) is 11.3. The summed E-state index contributed by atoms with van der Waals surface area (Å²) in [5, 5.41) is 0. The first-order valence-corrected chi connectivity index (χ1v) is 6.25. The molecule has 0 aliphatic rings. The quantitative estimate of drug-likeness (QED) is 0.634. The maximum atomic E-state index is 5.67. The van der Waals surface area contributed by atoms with Crippen molar-refractivity contribution in [1.29, 1.82) is 0 Å². The number of nitrogens with zero attached hydrogens (tertiary/aromatic N) is 1. The molecular weight excluding hydrogens is 230 g/mol. The van der Waals surface area contributed by atoms with E-state index in [0.29, 0.717) is 6.61 Å². The average molecular weight is 253 g/mol. The molecule has 102 valence electrons. The van der Waals surface area contributed by atoms with Gasteiger partial charge in [-0.1, -0.05) is 18.2 Å². The van der Waals surface area contributed by atoms with Gasteiger partial charge in [-0.15, -0.1) is 0 Å². The monoisotopic (exact) mass is 253 g/mol. The van der Waals surface area contributed by atoms with Crippen LogP contribution in [0.5, 0.6) is 5.75 Å². The Bertz CT molecular complexity index is 284. The van der Waals surface area contributed by atoms with Crippen molar-refractivity contribution in [2.45, 2.75) is 0 Å². The Hall–Kier alpha value is -1.10. The maximum Gasteiger partial charge on any atom is 0.119 e. The van der Waals surface area contributed by atoms with Crippen LogP contribution in [0.3, 0.4) is 0 Å². The summed E-state index contributed by atoms with van der Waals surface area (Å²) in [7, 11) is 3.43. The maximum absolute atomic E-state index is 5.67. The molecule has 0 saturated carbocycles. The van der Waals surface area contributed by atoms with Gasteiger partial charge in [-0.25, -0.2) is 0 Å². The molecule has 1 rings (SSSR count). The Morgan fingerprint density at radius 2 is 1.39 bits per heavy atom. The van der Waals surface area contributed by atoms with Crippen molar-refractivity contribution in [3.63, 3.8) is 0 Å². The highest BCUT2D eigenvalue weighted by Crippen LogP contribution is 2.07. The summed E-state index contributed by atoms with van der Waals surface area (Å²) in [6, 6.07) is 9.87. The van der Waals surface area contributed by atoms with E-state index in [9.17, 15) is 0 Å². The van der Waals surface area contributed by atoms with Gasteiger partial charge in [0.1, 0.15) is 12.4 Å². The summed E-state index contributed by atoms with van der Waals surface area (Å²) in [5.74, 6) is 0.913. The smallest absolute Gasteiger partial charge is 0.119 e. The molecule has 0 heterocycles. The average Bonchev–Trinajstić information content (AvgIpc) is 2.42. The zero-order chi connectivity index (χ0) is 13.1. The van der Waals surface area contributed by atoms with Crippen LogP contribution in [0.1, 0.15) is 0 Å². The fraction of sp³-hybridized carbons (Fsp3) is 0.571. The summed E-state index contributed by atoms with van der Waals surface area (Å²) in [6.07, 6.45) is 0. The van der Waals surface area contributed by atoms with Gasteiger partial charge in [0, 0.05) is 33.9 Å². The summed E-state index contributed by atoms with van der Waals surface area (Å²) in [5.41, 5.74) is 0. The second-order valence-electron chi connectivity index (χ2n) is 3.99. The summed E-state index contributed by atoms with van der Waals surface area (Å²) < 4.78 is 15.9. The molecule has 4 heteroatoms. The third kappa shape index (κ3) is 6.59. The molecule has 0 atom stereocenters. The van der Waals surface area contributed by atoms with Crippen LogP contribution < -0.4 is 4.74 Å². The molecule has 0 N–H and O–H groups in total. The molecule has 1 aromatic rings. The van der Waals surface area contributed by atoms with E-state index in [1.165, 1.54) is 0 Å². The lowest BCUT2D eigenvalue weighted by molar-refractivity contribution is 0.104. The highest BCUT2D eigenvalue weighted by molar-refractivity contribution is 5.20. The van der Waals surface area contributed by atoms with Gasteiger partial charge >= 0.3 is 0 Å². The lowest BCUT2D eigenvalue weighted by atomic mass is 10.3. The van der Waals surface area contributed by atoms with Crippen molar-refractivity contribution in [2.75, 3.05) is 53.7 Å². The topological polar surface area (TPSA) is 30.9 Å². The Morgan fingerprint density at radius 3 is 1.94 bits per heavy atom. The van der Waals surface area contributed by atoms with E-state index >= 15 is 0 Å². The summed E-state index contributed by atoms with van der Waals surface area (Å²) >= 11 is 0. The number of methoxy groups -OCH3 is 2. The second-order valence-corrected chi connectivity index (χ2v) is 3.99. The first kappa shape index (κ1) is 15.0. The molecule has 0 bridgehead atoms. The Kier molecular flexibility index (Phi) is 8.21. The third-order valence-corrected chi connectivity index (χ3v) is 2.64. The van der Waals surface area contributed by atoms with Crippen LogP contribution in [-0.4, -0.2) is 58.6 Å². The molecule has 0 radical (unpaired) electrons. The molecule has 0 saturated heterocycles. The SMILES string of the molecule is COCCN(CCOC)CCOc1ccccc1. The highest BCUT2D eigenvalue weighted by Gasteiger charge is 2.04. The molecule has 0 aromatic heterocycles. The van der Waals surface area contributed by atoms with Gasteiger partial charge in [0.25, 0.3) is 0 Å². The van der Waals surface area contributed by atoms with Gasteiger partial charge in [-0.05, 0) is 12.1 Å². The minimum Gasteiger partial charge on any atom is -0.492 e. The first-order valence-electron chi connectivity index (χ1n) is 6.25. The zero-order valence-electron chi connectivity index (χ0n) is 11.3. The lowest BCUT2D eigenvalue weighted by Crippen LogP contribution is -2.34. The normalized spacial score (nSPS) is 10.8. The van der Waals surface area contributed by atoms with Crippen LogP contribution >= 0.6 is 0 Å². The minimum atomic E-state index is 0.678. The van der Waals surface area contributed by atoms with Gasteiger partial charge in [-0.2, -0.15) is 0 Å². The van der Waals surface area contributed by atoms with E-state index in [1.807, 2.05) is 30.3 Å². The predicted molar refractivity (Wildman–Crippen MR) is 72.1 cm³/mol. The van der Waals surface area contributed by atoms with Crippen LogP contribution in [0, 0.1) is 0 Å². The number of para-hydroxylation sites is 1. The molecule has 0 aliphatic heterocycles. The molecule has 0 amide bonds. The Labute approximate surface area is 109 Å². The van der Waals surface area contributed by atoms with Crippen molar-refractivity contribution >= 4 is 0 Å². The van der Waals surface area contributed by atoms with E-state index in [2.05, 4.69) is 4.90 Å². The molecule has 4 nitrogen and oxygen atoms in total. The Morgan fingerprint density at radius 1 is 0.833 bits per heavy atom. The van der Waals surface area contributed by atoms with Gasteiger partial charge < -0.3 is 14.2 Å². The molecule has 0 unspecified atom stereocenters. The van der Waals surface area contributed by atoms with Gasteiger partial charge in [0.05, 0.1) is 13.2 Å². The number of hydrogen-bond acceptors (Lipinski definition) is 4. The fourth-order valence-electron chi connectivity index (χ4n) is 1.59. The van der Waals surface area contributed by atoms with E-state index in [0.717, 1.165) is 38.6 Å². The van der Waals surface area contributed by atoms with Crippen LogP contribution in [0.25, 0.3) is 0 Å². The van der Waals surface area contributed by atoms with Crippen molar-refractivity contribution in [3.8, 4) is 5.75 Å². The summed E-state index contributed by atoms with van der Waals surface area (Å²) in [6.45, 7) is 4.82. The highest BCUT2D eigenvalue weighted by atomic mass is 16.5. The number of benzene rings is 1. The molecular formula is C14H23NO3. The third-order valence-electron chi connectivity index (χ3n) is 2.64. The van der Waals surface area contributed by atoms with Crippen molar-refractivity contribution in [1.82, 2.24) is 4.90 Å². The van der Waals surface area contributed by atoms with Crippen LogP contribution in [0.15, 0.2) is 30.3 Å². The van der Waals surface area contributed by atoms with Crippen LogP contribution in [0.4, 0.5) is 0 Å². The number of hydrogen-bond donors (Lipinski definition) is 0. The van der Waals surface area contributed by atoms with Crippen LogP contribution in [0.2, 0.25) is 0 Å². The fourth-order valence-corrected chi connectivity index (χ4v) is 1.59. The molecule has 0 fully saturated rings. The second kappa shape index (κ2) is 9.88. The van der Waals surface area contributed by atoms with Gasteiger partial charge in [0.2, 0.25) is 0 Å². The molecule has 1 aromatic carbocycles. The molecule has 18 heavy (non-hydrogen) atoms. The minimum absolute atomic E-state index is 0.678. The van der Waals surface area contributed by atoms with Crippen molar-refractivity contribution < 1.29 is 14.2 Å². The largest absolute Gasteiger partial charge is 0.492 e. The molecule has 0 aliphatic carbocycles. The number of rotatable bonds is 10. The molecule has 0 spiro atoms. The van der Waals surface area contributed by atoms with Crippen molar-refractivity contribution in [3.05, 3.63) is 30.3 Å².